The van der Waals surface area contributed by atoms with Gasteiger partial charge in [-0.2, -0.15) is 0 Å². The maximum Gasteiger partial charge on any atom is 0.339 e. The molecule has 2 aromatic carbocycles. The third kappa shape index (κ3) is 3.96. The lowest BCUT2D eigenvalue weighted by Crippen LogP contribution is -2.01. The van der Waals surface area contributed by atoms with Crippen LogP contribution in [0.5, 0.6) is 0 Å². The Kier molecular flexibility index (Phi) is 5.47. The molecule has 0 saturated carbocycles. The fourth-order valence-corrected chi connectivity index (χ4v) is 3.28. The number of hydrogen-bond donors (Lipinski definition) is 0. The number of halogens is 1. The number of hydrogen-bond acceptors (Lipinski definition) is 3. The number of methoxy groups -OCH3 is 1. The summed E-state index contributed by atoms with van der Waals surface area (Å²) in [6.07, 6.45) is 1.80. The molecule has 0 radical (unpaired) electrons. The van der Waals surface area contributed by atoms with E-state index in [1.807, 2.05) is 0 Å². The number of aromatic nitrogens is 1. The van der Waals surface area contributed by atoms with Crippen molar-refractivity contribution in [2.24, 2.45) is 4.99 Å². The Morgan fingerprint density at radius 2 is 1.89 bits per heavy atom. The van der Waals surface area contributed by atoms with Crippen molar-refractivity contribution in [3.05, 3.63) is 81.6 Å². The van der Waals surface area contributed by atoms with Crippen molar-refractivity contribution >= 4 is 29.5 Å². The van der Waals surface area contributed by atoms with Crippen molar-refractivity contribution in [1.82, 2.24) is 4.57 Å². The minimum absolute atomic E-state index is 0.305. The second-order valence-electron chi connectivity index (χ2n) is 6.41. The summed E-state index contributed by atoms with van der Waals surface area (Å²) in [5, 5.41) is 0.346. The van der Waals surface area contributed by atoms with Crippen LogP contribution in [0, 0.1) is 20.8 Å². The fraction of sp³-hybridized carbons (Fsp3) is 0.182. The molecule has 0 N–H and O–H groups in total. The Morgan fingerprint density at radius 3 is 2.59 bits per heavy atom. The van der Waals surface area contributed by atoms with Gasteiger partial charge in [-0.15, -0.1) is 0 Å². The minimum atomic E-state index is -0.477. The number of aliphatic imine (C=N–C) groups is 1. The van der Waals surface area contributed by atoms with Crippen LogP contribution in [0.4, 0.5) is 5.69 Å². The summed E-state index contributed by atoms with van der Waals surface area (Å²) < 4.78 is 6.96. The molecule has 0 atom stereocenters. The lowest BCUT2D eigenvalue weighted by Gasteiger charge is -2.10. The zero-order chi connectivity index (χ0) is 19.6. The quantitative estimate of drug-likeness (QED) is 0.437. The maximum absolute atomic E-state index is 11.8. The van der Waals surface area contributed by atoms with Crippen LogP contribution < -0.4 is 0 Å². The van der Waals surface area contributed by atoms with E-state index in [4.69, 9.17) is 16.3 Å². The predicted octanol–water partition coefficient (Wildman–Crippen LogP) is 5.59. The van der Waals surface area contributed by atoms with Gasteiger partial charge in [-0.1, -0.05) is 23.7 Å². The molecule has 5 heteroatoms. The van der Waals surface area contributed by atoms with Crippen LogP contribution in [0.1, 0.15) is 32.9 Å². The van der Waals surface area contributed by atoms with Gasteiger partial charge in [0, 0.05) is 28.9 Å². The third-order valence-corrected chi connectivity index (χ3v) is 4.77. The van der Waals surface area contributed by atoms with E-state index in [0.29, 0.717) is 16.3 Å². The minimum Gasteiger partial charge on any atom is -0.465 e. The highest BCUT2D eigenvalue weighted by Crippen LogP contribution is 2.24. The molecule has 0 bridgehead atoms. The van der Waals surface area contributed by atoms with Crippen LogP contribution >= 0.6 is 11.6 Å². The van der Waals surface area contributed by atoms with Crippen LogP contribution in [0.2, 0.25) is 5.02 Å². The van der Waals surface area contributed by atoms with Gasteiger partial charge in [0.2, 0.25) is 0 Å². The molecule has 1 heterocycles. The summed E-state index contributed by atoms with van der Waals surface area (Å²) in [5.74, 6) is -0.477. The summed E-state index contributed by atoms with van der Waals surface area (Å²) >= 11 is 6.06. The van der Waals surface area contributed by atoms with Crippen LogP contribution in [-0.4, -0.2) is 23.9 Å². The molecular weight excluding hydrogens is 360 g/mol. The lowest BCUT2D eigenvalue weighted by atomic mass is 10.2. The zero-order valence-electron chi connectivity index (χ0n) is 15.8. The van der Waals surface area contributed by atoms with Gasteiger partial charge in [0.15, 0.2) is 0 Å². The Morgan fingerprint density at radius 1 is 1.11 bits per heavy atom. The average molecular weight is 381 g/mol. The third-order valence-electron chi connectivity index (χ3n) is 4.44. The van der Waals surface area contributed by atoms with Gasteiger partial charge in [0.25, 0.3) is 0 Å². The highest BCUT2D eigenvalue weighted by Gasteiger charge is 2.12. The summed E-state index contributed by atoms with van der Waals surface area (Å²) in [4.78, 5) is 16.3. The molecule has 0 aliphatic rings. The van der Waals surface area contributed by atoms with Crippen LogP contribution in [0.15, 0.2) is 53.5 Å². The van der Waals surface area contributed by atoms with Crippen molar-refractivity contribution in [1.29, 1.82) is 0 Å². The molecule has 138 valence electrons. The largest absolute Gasteiger partial charge is 0.465 e. The summed E-state index contributed by atoms with van der Waals surface area (Å²) in [5.41, 5.74) is 6.54. The van der Waals surface area contributed by atoms with E-state index >= 15 is 0 Å². The molecule has 3 aromatic rings. The van der Waals surface area contributed by atoms with E-state index in [1.165, 1.54) is 12.7 Å². The average Bonchev–Trinajstić information content (AvgIpc) is 2.94. The van der Waals surface area contributed by atoms with Crippen molar-refractivity contribution in [2.75, 3.05) is 7.11 Å². The SMILES string of the molecule is COC(=O)c1cc(N=Cc2cc(C)n(-c3cccc(C)c3)c2C)ccc1Cl. The number of nitrogens with zero attached hydrogens (tertiary/aromatic N) is 2. The molecule has 0 aliphatic carbocycles. The van der Waals surface area contributed by atoms with Gasteiger partial charge in [-0.25, -0.2) is 4.79 Å². The predicted molar refractivity (Wildman–Crippen MR) is 110 cm³/mol. The molecule has 0 amide bonds. The first-order valence-corrected chi connectivity index (χ1v) is 8.96. The van der Waals surface area contributed by atoms with Gasteiger partial charge in [0.1, 0.15) is 0 Å². The second-order valence-corrected chi connectivity index (χ2v) is 6.82. The molecule has 0 spiro atoms. The maximum atomic E-state index is 11.8. The first-order chi connectivity index (χ1) is 12.9. The van der Waals surface area contributed by atoms with E-state index in [2.05, 4.69) is 60.7 Å². The van der Waals surface area contributed by atoms with Crippen molar-refractivity contribution in [3.8, 4) is 5.69 Å². The molecule has 4 nitrogen and oxygen atoms in total. The standard InChI is InChI=1S/C22H21ClN2O2/c1-14-6-5-7-19(10-14)25-15(2)11-17(16(25)3)13-24-18-8-9-21(23)20(12-18)22(26)27-4/h5-13H,1-4H3. The van der Waals surface area contributed by atoms with Gasteiger partial charge >= 0.3 is 5.97 Å². The number of esters is 1. The number of benzene rings is 2. The van der Waals surface area contributed by atoms with E-state index in [0.717, 1.165) is 22.6 Å². The molecule has 0 fully saturated rings. The molecule has 0 unspecified atom stereocenters. The summed E-state index contributed by atoms with van der Waals surface area (Å²) in [7, 11) is 1.33. The van der Waals surface area contributed by atoms with Crippen LogP contribution in [0.25, 0.3) is 5.69 Å². The van der Waals surface area contributed by atoms with Gasteiger partial charge < -0.3 is 9.30 Å². The molecule has 0 saturated heterocycles. The number of carbonyl (C=O) groups is 1. The summed E-state index contributed by atoms with van der Waals surface area (Å²) in [6.45, 7) is 6.22. The monoisotopic (exact) mass is 380 g/mol. The molecule has 27 heavy (non-hydrogen) atoms. The first-order valence-electron chi connectivity index (χ1n) is 8.58. The Labute approximate surface area is 164 Å². The highest BCUT2D eigenvalue weighted by atomic mass is 35.5. The van der Waals surface area contributed by atoms with Crippen molar-refractivity contribution < 1.29 is 9.53 Å². The Balaban J connectivity index is 1.95. The second kappa shape index (κ2) is 7.80. The Hall–Kier alpha value is -2.85. The smallest absolute Gasteiger partial charge is 0.339 e. The van der Waals surface area contributed by atoms with E-state index < -0.39 is 5.97 Å². The molecule has 1 aromatic heterocycles. The number of ether oxygens (including phenoxy) is 1. The van der Waals surface area contributed by atoms with Crippen molar-refractivity contribution in [2.45, 2.75) is 20.8 Å². The number of aryl methyl sites for hydroxylation is 2. The van der Waals surface area contributed by atoms with Crippen LogP contribution in [-0.2, 0) is 4.74 Å². The van der Waals surface area contributed by atoms with Crippen LogP contribution in [0.3, 0.4) is 0 Å². The Bertz CT molecular complexity index is 1030. The molecular formula is C22H21ClN2O2. The van der Waals surface area contributed by atoms with E-state index in [-0.39, 0.29) is 0 Å². The topological polar surface area (TPSA) is 43.6 Å². The van der Waals surface area contributed by atoms with E-state index in [1.54, 1.807) is 24.4 Å². The molecule has 0 aliphatic heterocycles. The van der Waals surface area contributed by atoms with E-state index in [9.17, 15) is 4.79 Å². The number of carbonyl (C=O) groups excluding carboxylic acids is 1. The zero-order valence-corrected chi connectivity index (χ0v) is 16.5. The van der Waals surface area contributed by atoms with Gasteiger partial charge in [0.05, 0.1) is 23.4 Å². The number of rotatable bonds is 4. The fourth-order valence-electron chi connectivity index (χ4n) is 3.09. The highest BCUT2D eigenvalue weighted by molar-refractivity contribution is 6.33. The molecule has 3 rings (SSSR count). The normalized spacial score (nSPS) is 11.1. The summed E-state index contributed by atoms with van der Waals surface area (Å²) in [6, 6.07) is 15.5. The van der Waals surface area contributed by atoms with Gasteiger partial charge in [-0.05, 0) is 62.7 Å². The first kappa shape index (κ1) is 18.9. The lowest BCUT2D eigenvalue weighted by molar-refractivity contribution is 0.0601. The van der Waals surface area contributed by atoms with Crippen molar-refractivity contribution in [3.63, 3.8) is 0 Å². The van der Waals surface area contributed by atoms with Gasteiger partial charge in [-0.3, -0.25) is 4.99 Å².